The van der Waals surface area contributed by atoms with Crippen molar-refractivity contribution in [2.75, 3.05) is 18.6 Å². The van der Waals surface area contributed by atoms with Gasteiger partial charge in [0.1, 0.15) is 15.4 Å². The van der Waals surface area contributed by atoms with Crippen molar-refractivity contribution in [1.29, 1.82) is 0 Å². The number of nitrogens with zero attached hydrogens (tertiary/aromatic N) is 1. The Hall–Kier alpha value is -1.15. The van der Waals surface area contributed by atoms with Crippen LogP contribution in [-0.2, 0) is 19.4 Å². The molecule has 3 N–H and O–H groups in total. The molecule has 0 saturated carbocycles. The van der Waals surface area contributed by atoms with E-state index < -0.39 is 33.3 Å². The Kier molecular flexibility index (Phi) is 5.15. The summed E-state index contributed by atoms with van der Waals surface area (Å²) in [5.74, 6) is -1.68. The number of carboxylic acid groups (broad SMARTS) is 1. The molecule has 1 rings (SSSR count). The van der Waals surface area contributed by atoms with Gasteiger partial charge in [0.05, 0.1) is 11.8 Å². The van der Waals surface area contributed by atoms with Crippen molar-refractivity contribution in [2.45, 2.75) is 44.2 Å². The Balaban J connectivity index is 2.82. The Labute approximate surface area is 119 Å². The standard InChI is InChI=1S/C12H22N2O5S/c1-3-12(11(16)17)6-4-7-14(12)10(15)9(13)5-8-20(2,18)19/h9H,3-8,13H2,1-2H3,(H,16,17). The van der Waals surface area contributed by atoms with E-state index in [0.29, 0.717) is 25.8 Å². The lowest BCUT2D eigenvalue weighted by Gasteiger charge is -2.35. The predicted molar refractivity (Wildman–Crippen MR) is 73.9 cm³/mol. The van der Waals surface area contributed by atoms with Gasteiger partial charge in [-0.05, 0) is 25.7 Å². The fraction of sp³-hybridized carbons (Fsp3) is 0.833. The molecule has 0 aromatic carbocycles. The Morgan fingerprint density at radius 1 is 1.45 bits per heavy atom. The summed E-state index contributed by atoms with van der Waals surface area (Å²) >= 11 is 0. The molecule has 7 nitrogen and oxygen atoms in total. The molecule has 0 aromatic heterocycles. The van der Waals surface area contributed by atoms with E-state index in [-0.39, 0.29) is 12.2 Å². The normalized spacial score (nSPS) is 24.6. The second-order valence-corrected chi connectivity index (χ2v) is 7.57. The van der Waals surface area contributed by atoms with Gasteiger partial charge in [0.15, 0.2) is 0 Å². The minimum Gasteiger partial charge on any atom is -0.479 e. The lowest BCUT2D eigenvalue weighted by atomic mass is 9.92. The van der Waals surface area contributed by atoms with E-state index in [1.807, 2.05) is 0 Å². The fourth-order valence-electron chi connectivity index (χ4n) is 2.61. The van der Waals surface area contributed by atoms with Crippen molar-refractivity contribution in [3.63, 3.8) is 0 Å². The summed E-state index contributed by atoms with van der Waals surface area (Å²) in [7, 11) is -3.19. The first-order chi connectivity index (χ1) is 9.14. The third kappa shape index (κ3) is 3.49. The number of hydrogen-bond donors (Lipinski definition) is 2. The molecular weight excluding hydrogens is 284 g/mol. The van der Waals surface area contributed by atoms with E-state index in [1.165, 1.54) is 4.90 Å². The van der Waals surface area contributed by atoms with E-state index in [2.05, 4.69) is 0 Å². The van der Waals surface area contributed by atoms with Gasteiger partial charge in [-0.3, -0.25) is 4.79 Å². The fourth-order valence-corrected chi connectivity index (χ4v) is 3.29. The van der Waals surface area contributed by atoms with Crippen LogP contribution in [0.4, 0.5) is 0 Å². The summed E-state index contributed by atoms with van der Waals surface area (Å²) in [4.78, 5) is 25.1. The highest BCUT2D eigenvalue weighted by Crippen LogP contribution is 2.33. The van der Waals surface area contributed by atoms with Crippen LogP contribution in [0.15, 0.2) is 0 Å². The quantitative estimate of drug-likeness (QED) is 0.689. The molecule has 1 fully saturated rings. The molecule has 1 saturated heterocycles. The molecule has 1 heterocycles. The maximum atomic E-state index is 12.3. The van der Waals surface area contributed by atoms with Gasteiger partial charge in [-0.25, -0.2) is 13.2 Å². The summed E-state index contributed by atoms with van der Waals surface area (Å²) in [6, 6.07) is -0.979. The number of carboxylic acids is 1. The zero-order chi connectivity index (χ0) is 15.6. The summed E-state index contributed by atoms with van der Waals surface area (Å²) < 4.78 is 22.2. The highest BCUT2D eigenvalue weighted by atomic mass is 32.2. The first kappa shape index (κ1) is 16.9. The van der Waals surface area contributed by atoms with E-state index in [4.69, 9.17) is 5.73 Å². The number of carbonyl (C=O) groups is 2. The number of likely N-dealkylation sites (tertiary alicyclic amines) is 1. The molecule has 0 spiro atoms. The summed E-state index contributed by atoms with van der Waals surface area (Å²) in [5, 5.41) is 9.39. The highest BCUT2D eigenvalue weighted by Gasteiger charge is 2.49. The van der Waals surface area contributed by atoms with E-state index in [0.717, 1.165) is 6.26 Å². The number of nitrogens with two attached hydrogens (primary N) is 1. The van der Waals surface area contributed by atoms with Gasteiger partial charge < -0.3 is 15.7 Å². The minimum atomic E-state index is -3.19. The summed E-state index contributed by atoms with van der Waals surface area (Å²) in [6.07, 6.45) is 2.42. The van der Waals surface area contributed by atoms with Crippen molar-refractivity contribution < 1.29 is 23.1 Å². The Morgan fingerprint density at radius 2 is 2.05 bits per heavy atom. The molecule has 8 heteroatoms. The molecule has 20 heavy (non-hydrogen) atoms. The van der Waals surface area contributed by atoms with Gasteiger partial charge >= 0.3 is 5.97 Å². The average Bonchev–Trinajstić information content (AvgIpc) is 2.79. The molecule has 1 aliphatic rings. The number of aliphatic carboxylic acids is 1. The largest absolute Gasteiger partial charge is 0.479 e. The number of carbonyl (C=O) groups excluding carboxylic acids is 1. The van der Waals surface area contributed by atoms with Crippen LogP contribution in [0.25, 0.3) is 0 Å². The van der Waals surface area contributed by atoms with Crippen LogP contribution in [-0.4, -0.2) is 60.4 Å². The summed E-state index contributed by atoms with van der Waals surface area (Å²) in [5.41, 5.74) is 4.54. The zero-order valence-corrected chi connectivity index (χ0v) is 12.6. The van der Waals surface area contributed by atoms with Crippen LogP contribution in [0.3, 0.4) is 0 Å². The van der Waals surface area contributed by atoms with Gasteiger partial charge in [-0.1, -0.05) is 6.92 Å². The molecule has 0 radical (unpaired) electrons. The Morgan fingerprint density at radius 3 is 2.50 bits per heavy atom. The van der Waals surface area contributed by atoms with Crippen LogP contribution >= 0.6 is 0 Å². The molecule has 116 valence electrons. The molecule has 1 amide bonds. The third-order valence-electron chi connectivity index (χ3n) is 3.85. The molecular formula is C12H22N2O5S. The second-order valence-electron chi connectivity index (χ2n) is 5.31. The smallest absolute Gasteiger partial charge is 0.329 e. The molecule has 0 aromatic rings. The van der Waals surface area contributed by atoms with Crippen LogP contribution in [0.5, 0.6) is 0 Å². The van der Waals surface area contributed by atoms with E-state index in [9.17, 15) is 23.1 Å². The van der Waals surface area contributed by atoms with Crippen LogP contribution in [0.2, 0.25) is 0 Å². The number of amides is 1. The third-order valence-corrected chi connectivity index (χ3v) is 4.83. The SMILES string of the molecule is CCC1(C(=O)O)CCCN1C(=O)C(N)CCS(C)(=O)=O. The van der Waals surface area contributed by atoms with Crippen molar-refractivity contribution in [1.82, 2.24) is 4.90 Å². The Bertz CT molecular complexity index is 490. The molecule has 0 bridgehead atoms. The van der Waals surface area contributed by atoms with Gasteiger partial charge in [0.2, 0.25) is 5.91 Å². The average molecular weight is 306 g/mol. The van der Waals surface area contributed by atoms with Crippen molar-refractivity contribution in [3.05, 3.63) is 0 Å². The van der Waals surface area contributed by atoms with Gasteiger partial charge in [-0.2, -0.15) is 0 Å². The zero-order valence-electron chi connectivity index (χ0n) is 11.8. The van der Waals surface area contributed by atoms with Crippen LogP contribution in [0.1, 0.15) is 32.6 Å². The lowest BCUT2D eigenvalue weighted by Crippen LogP contribution is -2.57. The van der Waals surface area contributed by atoms with Gasteiger partial charge in [0, 0.05) is 12.8 Å². The second kappa shape index (κ2) is 6.09. The predicted octanol–water partition coefficient (Wildman–Crippen LogP) is -0.396. The summed E-state index contributed by atoms with van der Waals surface area (Å²) in [6.45, 7) is 2.08. The topological polar surface area (TPSA) is 118 Å². The molecule has 1 aliphatic heterocycles. The van der Waals surface area contributed by atoms with Crippen molar-refractivity contribution in [2.24, 2.45) is 5.73 Å². The van der Waals surface area contributed by atoms with E-state index in [1.54, 1.807) is 6.92 Å². The minimum absolute atomic E-state index is 0.00752. The monoisotopic (exact) mass is 306 g/mol. The first-order valence-corrected chi connectivity index (χ1v) is 8.68. The van der Waals surface area contributed by atoms with Gasteiger partial charge in [-0.15, -0.1) is 0 Å². The molecule has 2 unspecified atom stereocenters. The lowest BCUT2D eigenvalue weighted by molar-refractivity contribution is -0.157. The van der Waals surface area contributed by atoms with Crippen LogP contribution < -0.4 is 5.73 Å². The van der Waals surface area contributed by atoms with Crippen molar-refractivity contribution >= 4 is 21.7 Å². The van der Waals surface area contributed by atoms with Crippen LogP contribution in [0, 0.1) is 0 Å². The number of rotatable bonds is 6. The first-order valence-electron chi connectivity index (χ1n) is 6.62. The van der Waals surface area contributed by atoms with E-state index >= 15 is 0 Å². The maximum absolute atomic E-state index is 12.3. The number of sulfone groups is 1. The molecule has 0 aliphatic carbocycles. The maximum Gasteiger partial charge on any atom is 0.329 e. The van der Waals surface area contributed by atoms with Crippen molar-refractivity contribution in [3.8, 4) is 0 Å². The van der Waals surface area contributed by atoms with Gasteiger partial charge in [0.25, 0.3) is 0 Å². The number of hydrogen-bond acceptors (Lipinski definition) is 5. The molecule has 2 atom stereocenters. The highest BCUT2D eigenvalue weighted by molar-refractivity contribution is 7.90.